The highest BCUT2D eigenvalue weighted by atomic mass is 35.5. The molecule has 15 heavy (non-hydrogen) atoms. The average Bonchev–Trinajstić information content (AvgIpc) is 2.21. The van der Waals surface area contributed by atoms with Crippen molar-refractivity contribution in [1.29, 1.82) is 0 Å². The number of carbonyl (C=O) groups is 1. The van der Waals surface area contributed by atoms with Crippen molar-refractivity contribution in [3.05, 3.63) is 41.5 Å². The molecule has 0 bridgehead atoms. The fourth-order valence-corrected chi connectivity index (χ4v) is 1.24. The van der Waals surface area contributed by atoms with Gasteiger partial charge in [0.1, 0.15) is 11.0 Å². The summed E-state index contributed by atoms with van der Waals surface area (Å²) in [6.45, 7) is 3.87. The Balaban J connectivity index is 2.99. The van der Waals surface area contributed by atoms with Gasteiger partial charge in [0, 0.05) is 13.6 Å². The fourth-order valence-electron chi connectivity index (χ4n) is 1.05. The normalized spacial score (nSPS) is 9.80. The summed E-state index contributed by atoms with van der Waals surface area (Å²) < 4.78 is 12.8. The van der Waals surface area contributed by atoms with Gasteiger partial charge in [0.2, 0.25) is 0 Å². The van der Waals surface area contributed by atoms with Gasteiger partial charge in [0.05, 0.1) is 11.8 Å². The molecular formula is C10H10ClFN2O. The molecule has 80 valence electrons. The summed E-state index contributed by atoms with van der Waals surface area (Å²) in [5, 5.41) is -0.00249. The zero-order chi connectivity index (χ0) is 11.4. The van der Waals surface area contributed by atoms with E-state index in [0.29, 0.717) is 6.54 Å². The monoisotopic (exact) mass is 228 g/mol. The second-order valence-corrected chi connectivity index (χ2v) is 3.32. The summed E-state index contributed by atoms with van der Waals surface area (Å²) in [4.78, 5) is 16.6. The van der Waals surface area contributed by atoms with Gasteiger partial charge in [-0.2, -0.15) is 0 Å². The zero-order valence-electron chi connectivity index (χ0n) is 8.20. The first-order valence-corrected chi connectivity index (χ1v) is 4.61. The van der Waals surface area contributed by atoms with Gasteiger partial charge in [-0.3, -0.25) is 4.79 Å². The van der Waals surface area contributed by atoms with Crippen LogP contribution in [-0.4, -0.2) is 29.4 Å². The van der Waals surface area contributed by atoms with E-state index in [-0.39, 0.29) is 16.6 Å². The van der Waals surface area contributed by atoms with Crippen LogP contribution in [0.4, 0.5) is 4.39 Å². The fraction of sp³-hybridized carbons (Fsp3) is 0.200. The first kappa shape index (κ1) is 11.7. The van der Waals surface area contributed by atoms with E-state index in [9.17, 15) is 9.18 Å². The maximum absolute atomic E-state index is 12.8. The van der Waals surface area contributed by atoms with Crippen molar-refractivity contribution in [2.24, 2.45) is 0 Å². The highest BCUT2D eigenvalue weighted by Crippen LogP contribution is 2.15. The number of aromatic nitrogens is 1. The number of carbonyl (C=O) groups excluding carboxylic acids is 1. The summed E-state index contributed by atoms with van der Waals surface area (Å²) in [5.41, 5.74) is 0.0565. The minimum atomic E-state index is -0.588. The molecule has 0 aliphatic heterocycles. The third kappa shape index (κ3) is 2.76. The van der Waals surface area contributed by atoms with Crippen LogP contribution in [0.3, 0.4) is 0 Å². The summed E-state index contributed by atoms with van der Waals surface area (Å²) >= 11 is 5.68. The zero-order valence-corrected chi connectivity index (χ0v) is 8.96. The van der Waals surface area contributed by atoms with Crippen LogP contribution in [0.15, 0.2) is 24.9 Å². The lowest BCUT2D eigenvalue weighted by molar-refractivity contribution is 0.0809. The van der Waals surface area contributed by atoms with Crippen LogP contribution in [0.5, 0.6) is 0 Å². The molecule has 0 saturated carbocycles. The predicted octanol–water partition coefficient (Wildman–Crippen LogP) is 2.13. The Morgan fingerprint density at radius 2 is 2.47 bits per heavy atom. The Hall–Kier alpha value is -1.42. The molecule has 0 fully saturated rings. The van der Waals surface area contributed by atoms with Gasteiger partial charge >= 0.3 is 0 Å². The Kier molecular flexibility index (Phi) is 3.80. The average molecular weight is 229 g/mol. The topological polar surface area (TPSA) is 33.2 Å². The van der Waals surface area contributed by atoms with E-state index in [1.165, 1.54) is 4.90 Å². The Morgan fingerprint density at radius 1 is 1.80 bits per heavy atom. The minimum absolute atomic E-state index is 0.00249. The maximum atomic E-state index is 12.8. The highest BCUT2D eigenvalue weighted by Gasteiger charge is 2.15. The van der Waals surface area contributed by atoms with Crippen LogP contribution in [0.2, 0.25) is 5.15 Å². The number of nitrogens with zero attached hydrogens (tertiary/aromatic N) is 2. The Morgan fingerprint density at radius 3 is 3.07 bits per heavy atom. The molecule has 1 amide bonds. The lowest BCUT2D eigenvalue weighted by Crippen LogP contribution is -2.27. The number of rotatable bonds is 3. The van der Waals surface area contributed by atoms with E-state index in [1.54, 1.807) is 13.1 Å². The molecule has 0 saturated heterocycles. The molecule has 0 aliphatic rings. The molecule has 0 spiro atoms. The van der Waals surface area contributed by atoms with Crippen LogP contribution < -0.4 is 0 Å². The van der Waals surface area contributed by atoms with Crippen molar-refractivity contribution in [3.8, 4) is 0 Å². The molecule has 3 nitrogen and oxygen atoms in total. The van der Waals surface area contributed by atoms with Crippen LogP contribution in [0, 0.1) is 5.82 Å². The van der Waals surface area contributed by atoms with Crippen molar-refractivity contribution in [1.82, 2.24) is 9.88 Å². The Labute approximate surface area is 92.2 Å². The Bertz CT molecular complexity index is 395. The largest absolute Gasteiger partial charge is 0.338 e. The maximum Gasteiger partial charge on any atom is 0.257 e. The van der Waals surface area contributed by atoms with Crippen LogP contribution >= 0.6 is 11.6 Å². The van der Waals surface area contributed by atoms with Crippen molar-refractivity contribution in [2.75, 3.05) is 13.6 Å². The van der Waals surface area contributed by atoms with Gasteiger partial charge in [0.15, 0.2) is 0 Å². The number of halogens is 2. The number of likely N-dealkylation sites (N-methyl/N-ethyl adjacent to an activating group) is 1. The van der Waals surface area contributed by atoms with Gasteiger partial charge in [-0.1, -0.05) is 17.7 Å². The summed E-state index contributed by atoms with van der Waals surface area (Å²) in [6.07, 6.45) is 2.53. The molecule has 1 rings (SSSR count). The first-order chi connectivity index (χ1) is 7.06. The molecular weight excluding hydrogens is 219 g/mol. The minimum Gasteiger partial charge on any atom is -0.338 e. The molecule has 0 atom stereocenters. The van der Waals surface area contributed by atoms with E-state index in [4.69, 9.17) is 11.6 Å². The standard InChI is InChI=1S/C10H10ClFN2O/c1-3-4-14(2)10(15)8-5-7(12)6-13-9(8)11/h3,5-6H,1,4H2,2H3. The third-order valence-electron chi connectivity index (χ3n) is 1.79. The van der Waals surface area contributed by atoms with Gasteiger partial charge in [-0.05, 0) is 6.07 Å². The van der Waals surface area contributed by atoms with Gasteiger partial charge in [0.25, 0.3) is 5.91 Å². The third-order valence-corrected chi connectivity index (χ3v) is 2.09. The van der Waals surface area contributed by atoms with Crippen LogP contribution in [0.1, 0.15) is 10.4 Å². The molecule has 0 unspecified atom stereocenters. The summed E-state index contributed by atoms with van der Waals surface area (Å²) in [6, 6.07) is 1.07. The smallest absolute Gasteiger partial charge is 0.257 e. The van der Waals surface area contributed by atoms with E-state index >= 15 is 0 Å². The predicted molar refractivity (Wildman–Crippen MR) is 56.4 cm³/mol. The molecule has 0 aliphatic carbocycles. The van der Waals surface area contributed by atoms with E-state index in [1.807, 2.05) is 0 Å². The van der Waals surface area contributed by atoms with Gasteiger partial charge < -0.3 is 4.90 Å². The first-order valence-electron chi connectivity index (χ1n) is 4.23. The summed E-state index contributed by atoms with van der Waals surface area (Å²) in [7, 11) is 1.57. The van der Waals surface area contributed by atoms with Crippen LogP contribution in [-0.2, 0) is 0 Å². The molecule has 1 aromatic heterocycles. The second-order valence-electron chi connectivity index (χ2n) is 2.97. The van der Waals surface area contributed by atoms with Crippen molar-refractivity contribution in [3.63, 3.8) is 0 Å². The molecule has 0 radical (unpaired) electrons. The molecule has 5 heteroatoms. The van der Waals surface area contributed by atoms with E-state index in [0.717, 1.165) is 12.3 Å². The highest BCUT2D eigenvalue weighted by molar-refractivity contribution is 6.32. The summed E-state index contributed by atoms with van der Waals surface area (Å²) in [5.74, 6) is -0.971. The number of amides is 1. The molecule has 0 aromatic carbocycles. The van der Waals surface area contributed by atoms with Crippen LogP contribution in [0.25, 0.3) is 0 Å². The molecule has 0 N–H and O–H groups in total. The molecule has 1 heterocycles. The number of hydrogen-bond acceptors (Lipinski definition) is 2. The van der Waals surface area contributed by atoms with Crippen molar-refractivity contribution >= 4 is 17.5 Å². The SMILES string of the molecule is C=CCN(C)C(=O)c1cc(F)cnc1Cl. The number of pyridine rings is 1. The van der Waals surface area contributed by atoms with Gasteiger partial charge in [-0.25, -0.2) is 9.37 Å². The lowest BCUT2D eigenvalue weighted by atomic mass is 10.2. The number of hydrogen-bond donors (Lipinski definition) is 0. The molecule has 1 aromatic rings. The van der Waals surface area contributed by atoms with E-state index < -0.39 is 5.82 Å². The quantitative estimate of drug-likeness (QED) is 0.587. The van der Waals surface area contributed by atoms with Crippen molar-refractivity contribution in [2.45, 2.75) is 0 Å². The van der Waals surface area contributed by atoms with Gasteiger partial charge in [-0.15, -0.1) is 6.58 Å². The second kappa shape index (κ2) is 4.89. The lowest BCUT2D eigenvalue weighted by Gasteiger charge is -2.15. The van der Waals surface area contributed by atoms with Crippen molar-refractivity contribution < 1.29 is 9.18 Å². The van der Waals surface area contributed by atoms with E-state index in [2.05, 4.69) is 11.6 Å².